The maximum Gasteiger partial charge on any atom is 0.258 e. The highest BCUT2D eigenvalue weighted by Gasteiger charge is 2.15. The zero-order chi connectivity index (χ0) is 14.2. The van der Waals surface area contributed by atoms with E-state index in [4.69, 9.17) is 0 Å². The van der Waals surface area contributed by atoms with Crippen molar-refractivity contribution in [3.8, 4) is 17.3 Å². The maximum atomic E-state index is 13.1. The summed E-state index contributed by atoms with van der Waals surface area (Å²) in [6.07, 6.45) is 0.251. The van der Waals surface area contributed by atoms with Crippen LogP contribution in [0.4, 0.5) is 13.2 Å². The summed E-state index contributed by atoms with van der Waals surface area (Å²) < 4.78 is 39.0. The van der Waals surface area contributed by atoms with Crippen molar-refractivity contribution in [2.24, 2.45) is 0 Å². The number of benzene rings is 1. The summed E-state index contributed by atoms with van der Waals surface area (Å²) in [5, 5.41) is 9.53. The Kier molecular flexibility index (Phi) is 3.28. The van der Waals surface area contributed by atoms with Gasteiger partial charge in [-0.2, -0.15) is 4.98 Å². The lowest BCUT2D eigenvalue weighted by atomic mass is 10.1. The molecule has 1 aromatic heterocycles. The number of rotatable bonds is 2. The zero-order valence-corrected chi connectivity index (χ0v) is 9.80. The Morgan fingerprint density at radius 2 is 1.84 bits per heavy atom. The highest BCUT2D eigenvalue weighted by atomic mass is 19.2. The molecule has 0 atom stereocenters. The van der Waals surface area contributed by atoms with Gasteiger partial charge in [-0.25, -0.2) is 13.2 Å². The molecule has 0 aliphatic heterocycles. The van der Waals surface area contributed by atoms with Crippen molar-refractivity contribution in [1.29, 1.82) is 0 Å². The summed E-state index contributed by atoms with van der Waals surface area (Å²) in [5.41, 5.74) is -0.728. The molecule has 0 aliphatic carbocycles. The molecule has 100 valence electrons. The summed E-state index contributed by atoms with van der Waals surface area (Å²) in [5.74, 6) is -5.18. The fourth-order valence-corrected chi connectivity index (χ4v) is 1.63. The van der Waals surface area contributed by atoms with Gasteiger partial charge < -0.3 is 10.1 Å². The van der Waals surface area contributed by atoms with Crippen LogP contribution in [-0.4, -0.2) is 15.1 Å². The third-order valence-electron chi connectivity index (χ3n) is 2.60. The maximum absolute atomic E-state index is 13.1. The van der Waals surface area contributed by atoms with Gasteiger partial charge in [0, 0.05) is 5.56 Å². The van der Waals surface area contributed by atoms with Gasteiger partial charge in [-0.15, -0.1) is 0 Å². The molecular weight excluding hydrogens is 261 g/mol. The number of H-pyrrole nitrogens is 1. The van der Waals surface area contributed by atoms with E-state index in [2.05, 4.69) is 9.97 Å². The minimum Gasteiger partial charge on any atom is -0.493 e. The predicted molar refractivity (Wildman–Crippen MR) is 61.2 cm³/mol. The van der Waals surface area contributed by atoms with Crippen molar-refractivity contribution in [2.45, 2.75) is 13.3 Å². The van der Waals surface area contributed by atoms with Crippen LogP contribution in [-0.2, 0) is 6.42 Å². The van der Waals surface area contributed by atoms with Crippen LogP contribution in [0, 0.1) is 17.5 Å². The Morgan fingerprint density at radius 3 is 2.32 bits per heavy atom. The van der Waals surface area contributed by atoms with E-state index in [1.54, 1.807) is 6.92 Å². The third-order valence-corrected chi connectivity index (χ3v) is 2.60. The van der Waals surface area contributed by atoms with Crippen molar-refractivity contribution in [3.05, 3.63) is 45.5 Å². The Morgan fingerprint density at radius 1 is 1.26 bits per heavy atom. The Labute approximate surface area is 105 Å². The first-order valence-corrected chi connectivity index (χ1v) is 5.41. The lowest BCUT2D eigenvalue weighted by Crippen LogP contribution is -2.14. The number of nitrogens with zero attached hydrogens (tertiary/aromatic N) is 1. The quantitative estimate of drug-likeness (QED) is 0.821. The number of aromatic nitrogens is 2. The summed E-state index contributed by atoms with van der Waals surface area (Å²) in [4.78, 5) is 17.5. The van der Waals surface area contributed by atoms with Gasteiger partial charge in [0.1, 0.15) is 5.82 Å². The van der Waals surface area contributed by atoms with Gasteiger partial charge in [0.05, 0.1) is 5.56 Å². The Balaban J connectivity index is 2.63. The second-order valence-corrected chi connectivity index (χ2v) is 3.82. The number of hydrogen-bond acceptors (Lipinski definition) is 3. The molecular formula is C12H9F3N2O2. The van der Waals surface area contributed by atoms with E-state index in [-0.39, 0.29) is 23.4 Å². The van der Waals surface area contributed by atoms with E-state index in [0.29, 0.717) is 12.1 Å². The van der Waals surface area contributed by atoms with E-state index in [9.17, 15) is 23.1 Å². The van der Waals surface area contributed by atoms with Gasteiger partial charge in [0.15, 0.2) is 17.5 Å². The normalized spacial score (nSPS) is 10.7. The van der Waals surface area contributed by atoms with Gasteiger partial charge in [0.2, 0.25) is 5.88 Å². The molecule has 0 fully saturated rings. The number of hydrogen-bond donors (Lipinski definition) is 2. The minimum absolute atomic E-state index is 0.0619. The molecule has 0 radical (unpaired) electrons. The third kappa shape index (κ3) is 2.31. The first-order valence-electron chi connectivity index (χ1n) is 5.41. The van der Waals surface area contributed by atoms with E-state index in [0.717, 1.165) is 0 Å². The van der Waals surface area contributed by atoms with Gasteiger partial charge in [-0.1, -0.05) is 6.92 Å². The molecule has 2 rings (SSSR count). The van der Waals surface area contributed by atoms with Crippen LogP contribution < -0.4 is 5.56 Å². The van der Waals surface area contributed by atoms with Gasteiger partial charge in [-0.3, -0.25) is 4.79 Å². The molecule has 1 aromatic carbocycles. The molecule has 7 heteroatoms. The molecule has 0 amide bonds. The molecule has 4 nitrogen and oxygen atoms in total. The van der Waals surface area contributed by atoms with Gasteiger partial charge >= 0.3 is 0 Å². The molecule has 0 spiro atoms. The highest BCUT2D eigenvalue weighted by Crippen LogP contribution is 2.22. The molecule has 0 saturated carbocycles. The second kappa shape index (κ2) is 4.75. The predicted octanol–water partition coefficient (Wildman–Crippen LogP) is 2.12. The summed E-state index contributed by atoms with van der Waals surface area (Å²) in [7, 11) is 0. The Hall–Kier alpha value is -2.31. The largest absolute Gasteiger partial charge is 0.493 e. The molecule has 0 unspecified atom stereocenters. The zero-order valence-electron chi connectivity index (χ0n) is 9.80. The van der Waals surface area contributed by atoms with Crippen LogP contribution in [0.3, 0.4) is 0 Å². The summed E-state index contributed by atoms with van der Waals surface area (Å²) >= 11 is 0. The number of aromatic amines is 1. The van der Waals surface area contributed by atoms with Crippen molar-refractivity contribution >= 4 is 0 Å². The van der Waals surface area contributed by atoms with Crippen molar-refractivity contribution in [1.82, 2.24) is 9.97 Å². The SMILES string of the molecule is CCc1c(O)nc(-c2cc(F)c(F)c(F)c2)[nH]c1=O. The highest BCUT2D eigenvalue weighted by molar-refractivity contribution is 5.56. The van der Waals surface area contributed by atoms with Gasteiger partial charge in [0.25, 0.3) is 5.56 Å². The van der Waals surface area contributed by atoms with E-state index in [1.165, 1.54) is 0 Å². The smallest absolute Gasteiger partial charge is 0.258 e. The lowest BCUT2D eigenvalue weighted by Gasteiger charge is -2.05. The van der Waals surface area contributed by atoms with Crippen LogP contribution in [0.5, 0.6) is 5.88 Å². The topological polar surface area (TPSA) is 66.0 Å². The lowest BCUT2D eigenvalue weighted by molar-refractivity contribution is 0.442. The first kappa shape index (κ1) is 13.1. The van der Waals surface area contributed by atoms with Crippen LogP contribution >= 0.6 is 0 Å². The molecule has 1 heterocycles. The van der Waals surface area contributed by atoms with Crippen LogP contribution in [0.2, 0.25) is 0 Å². The van der Waals surface area contributed by atoms with Crippen molar-refractivity contribution < 1.29 is 18.3 Å². The second-order valence-electron chi connectivity index (χ2n) is 3.82. The first-order chi connectivity index (χ1) is 8.93. The molecule has 0 saturated heterocycles. The minimum atomic E-state index is -1.61. The van der Waals surface area contributed by atoms with E-state index in [1.807, 2.05) is 0 Å². The van der Waals surface area contributed by atoms with Gasteiger partial charge in [-0.05, 0) is 18.6 Å². The number of halogens is 3. The average molecular weight is 270 g/mol. The number of nitrogens with one attached hydrogen (secondary N) is 1. The summed E-state index contributed by atoms with van der Waals surface area (Å²) in [6, 6.07) is 1.36. The fourth-order valence-electron chi connectivity index (χ4n) is 1.63. The number of aromatic hydroxyl groups is 1. The molecule has 19 heavy (non-hydrogen) atoms. The average Bonchev–Trinajstić information content (AvgIpc) is 2.35. The molecule has 2 aromatic rings. The monoisotopic (exact) mass is 270 g/mol. The van der Waals surface area contributed by atoms with Crippen LogP contribution in [0.15, 0.2) is 16.9 Å². The van der Waals surface area contributed by atoms with E-state index < -0.39 is 28.9 Å². The molecule has 0 aliphatic rings. The Bertz CT molecular complexity index is 675. The summed E-state index contributed by atoms with van der Waals surface area (Å²) in [6.45, 7) is 1.64. The standard InChI is InChI=1S/C12H9F3N2O2/c1-2-6-11(18)16-10(17-12(6)19)5-3-7(13)9(15)8(14)4-5/h3-4H,2H2,1H3,(H2,16,17,18,19). The van der Waals surface area contributed by atoms with E-state index >= 15 is 0 Å². The van der Waals surface area contributed by atoms with Crippen molar-refractivity contribution in [2.75, 3.05) is 0 Å². The van der Waals surface area contributed by atoms with Crippen LogP contribution in [0.1, 0.15) is 12.5 Å². The van der Waals surface area contributed by atoms with Crippen molar-refractivity contribution in [3.63, 3.8) is 0 Å². The molecule has 0 bridgehead atoms. The van der Waals surface area contributed by atoms with Crippen LogP contribution in [0.25, 0.3) is 11.4 Å². The fraction of sp³-hybridized carbons (Fsp3) is 0.167. The molecule has 2 N–H and O–H groups in total.